The lowest BCUT2D eigenvalue weighted by atomic mass is 10.4. The first-order chi connectivity index (χ1) is 4.38. The molecule has 1 fully saturated rings. The van der Waals surface area contributed by atoms with E-state index in [4.69, 9.17) is 0 Å². The summed E-state index contributed by atoms with van der Waals surface area (Å²) in [5.74, 6) is 0. The standard InChI is InChI=1S/C7H11NO/c1-2-7-6-8(7)4-3-5-9/h3-5,7H,2,6H2,1H3/b4-3-. The van der Waals surface area contributed by atoms with Crippen LogP contribution in [0.15, 0.2) is 12.3 Å². The highest BCUT2D eigenvalue weighted by molar-refractivity contribution is 5.64. The summed E-state index contributed by atoms with van der Waals surface area (Å²) >= 11 is 0. The van der Waals surface area contributed by atoms with Crippen molar-refractivity contribution in [1.29, 1.82) is 0 Å². The van der Waals surface area contributed by atoms with Crippen LogP contribution in [0.5, 0.6) is 0 Å². The number of nitrogens with zero attached hydrogens (tertiary/aromatic N) is 1. The summed E-state index contributed by atoms with van der Waals surface area (Å²) in [6.45, 7) is 3.28. The van der Waals surface area contributed by atoms with Crippen molar-refractivity contribution >= 4 is 6.29 Å². The molecule has 1 atom stereocenters. The van der Waals surface area contributed by atoms with Gasteiger partial charge in [0, 0.05) is 18.8 Å². The summed E-state index contributed by atoms with van der Waals surface area (Å²) in [5.41, 5.74) is 0. The lowest BCUT2D eigenvalue weighted by Gasteiger charge is -1.90. The van der Waals surface area contributed by atoms with E-state index in [0.717, 1.165) is 12.8 Å². The Morgan fingerprint density at radius 2 is 2.56 bits per heavy atom. The number of carbonyl (C=O) groups excluding carboxylic acids is 1. The van der Waals surface area contributed by atoms with Gasteiger partial charge in [-0.25, -0.2) is 0 Å². The van der Waals surface area contributed by atoms with Gasteiger partial charge >= 0.3 is 0 Å². The summed E-state index contributed by atoms with van der Waals surface area (Å²) < 4.78 is 0. The summed E-state index contributed by atoms with van der Waals surface area (Å²) in [6.07, 6.45) is 5.38. The summed E-state index contributed by atoms with van der Waals surface area (Å²) in [7, 11) is 0. The lowest BCUT2D eigenvalue weighted by Crippen LogP contribution is -1.89. The van der Waals surface area contributed by atoms with Crippen molar-refractivity contribution in [3.63, 3.8) is 0 Å². The van der Waals surface area contributed by atoms with Crippen LogP contribution in [0.2, 0.25) is 0 Å². The van der Waals surface area contributed by atoms with E-state index in [9.17, 15) is 4.79 Å². The summed E-state index contributed by atoms with van der Waals surface area (Å²) in [6, 6.07) is 0.709. The topological polar surface area (TPSA) is 20.1 Å². The second kappa shape index (κ2) is 2.67. The normalized spacial score (nSPS) is 25.0. The van der Waals surface area contributed by atoms with E-state index in [1.807, 2.05) is 6.20 Å². The first-order valence-corrected chi connectivity index (χ1v) is 3.26. The first kappa shape index (κ1) is 6.33. The fourth-order valence-corrected chi connectivity index (χ4v) is 0.888. The van der Waals surface area contributed by atoms with Gasteiger partial charge in [-0.1, -0.05) is 6.92 Å². The van der Waals surface area contributed by atoms with Crippen LogP contribution in [-0.4, -0.2) is 23.8 Å². The van der Waals surface area contributed by atoms with Crippen LogP contribution in [0, 0.1) is 0 Å². The smallest absolute Gasteiger partial charge is 0.144 e. The maximum absolute atomic E-state index is 9.82. The maximum Gasteiger partial charge on any atom is 0.144 e. The predicted octanol–water partition coefficient (Wildman–Crippen LogP) is 0.793. The molecule has 0 saturated carbocycles. The van der Waals surface area contributed by atoms with Gasteiger partial charge in [-0.2, -0.15) is 0 Å². The predicted molar refractivity (Wildman–Crippen MR) is 36.0 cm³/mol. The molecule has 2 nitrogen and oxygen atoms in total. The molecule has 9 heavy (non-hydrogen) atoms. The summed E-state index contributed by atoms with van der Waals surface area (Å²) in [4.78, 5) is 12.0. The Hall–Kier alpha value is -0.790. The number of hydrogen-bond acceptors (Lipinski definition) is 2. The molecule has 1 rings (SSSR count). The molecule has 0 bridgehead atoms. The van der Waals surface area contributed by atoms with E-state index in [1.165, 1.54) is 12.5 Å². The Morgan fingerprint density at radius 3 is 3.00 bits per heavy atom. The van der Waals surface area contributed by atoms with Gasteiger partial charge in [0.2, 0.25) is 0 Å². The van der Waals surface area contributed by atoms with Gasteiger partial charge in [-0.3, -0.25) is 4.79 Å². The Balaban J connectivity index is 2.18. The van der Waals surface area contributed by atoms with E-state index >= 15 is 0 Å². The van der Waals surface area contributed by atoms with Crippen molar-refractivity contribution in [2.45, 2.75) is 19.4 Å². The van der Waals surface area contributed by atoms with Gasteiger partial charge in [-0.15, -0.1) is 0 Å². The lowest BCUT2D eigenvalue weighted by molar-refractivity contribution is -0.104. The fraction of sp³-hybridized carbons (Fsp3) is 0.571. The number of allylic oxidation sites excluding steroid dienone is 1. The molecular formula is C7H11NO. The Kier molecular flexibility index (Phi) is 1.88. The maximum atomic E-state index is 9.82. The molecule has 0 aromatic carbocycles. The largest absolute Gasteiger partial charge is 0.370 e. The van der Waals surface area contributed by atoms with E-state index < -0.39 is 0 Å². The third-order valence-electron chi connectivity index (χ3n) is 1.58. The van der Waals surface area contributed by atoms with Crippen LogP contribution in [-0.2, 0) is 4.79 Å². The molecule has 50 valence electrons. The molecule has 1 aliphatic rings. The minimum absolute atomic E-state index is 0.709. The quantitative estimate of drug-likeness (QED) is 0.316. The molecule has 1 unspecified atom stereocenters. The van der Waals surface area contributed by atoms with E-state index in [1.54, 1.807) is 0 Å². The Morgan fingerprint density at radius 1 is 1.78 bits per heavy atom. The van der Waals surface area contributed by atoms with Gasteiger partial charge in [0.25, 0.3) is 0 Å². The molecule has 0 aromatic rings. The second-order valence-corrected chi connectivity index (χ2v) is 2.24. The second-order valence-electron chi connectivity index (χ2n) is 2.24. The molecule has 0 aromatic heterocycles. The Labute approximate surface area is 55.2 Å². The van der Waals surface area contributed by atoms with E-state index in [2.05, 4.69) is 11.8 Å². The zero-order valence-electron chi connectivity index (χ0n) is 5.58. The molecule has 0 aliphatic carbocycles. The minimum Gasteiger partial charge on any atom is -0.370 e. The Bertz CT molecular complexity index is 131. The van der Waals surface area contributed by atoms with Crippen molar-refractivity contribution in [1.82, 2.24) is 4.90 Å². The molecule has 0 N–H and O–H groups in total. The molecule has 1 aliphatic heterocycles. The van der Waals surface area contributed by atoms with Crippen molar-refractivity contribution < 1.29 is 4.79 Å². The van der Waals surface area contributed by atoms with Crippen LogP contribution < -0.4 is 0 Å². The van der Waals surface area contributed by atoms with Crippen molar-refractivity contribution in [2.24, 2.45) is 0 Å². The molecule has 2 heteroatoms. The van der Waals surface area contributed by atoms with Crippen LogP contribution in [0.3, 0.4) is 0 Å². The minimum atomic E-state index is 0.709. The highest BCUT2D eigenvalue weighted by Gasteiger charge is 2.27. The van der Waals surface area contributed by atoms with Gasteiger partial charge in [0.05, 0.1) is 0 Å². The van der Waals surface area contributed by atoms with Crippen molar-refractivity contribution in [3.8, 4) is 0 Å². The zero-order valence-corrected chi connectivity index (χ0v) is 5.58. The fourth-order valence-electron chi connectivity index (χ4n) is 0.888. The third-order valence-corrected chi connectivity index (χ3v) is 1.58. The van der Waals surface area contributed by atoms with Gasteiger partial charge in [-0.05, 0) is 12.5 Å². The molecule has 0 amide bonds. The molecule has 1 saturated heterocycles. The van der Waals surface area contributed by atoms with E-state index in [0.29, 0.717) is 6.04 Å². The zero-order chi connectivity index (χ0) is 6.69. The molecule has 0 radical (unpaired) electrons. The van der Waals surface area contributed by atoms with Crippen molar-refractivity contribution in [3.05, 3.63) is 12.3 Å². The SMILES string of the molecule is CCC1CN1/C=C\C=O. The van der Waals surface area contributed by atoms with Crippen molar-refractivity contribution in [2.75, 3.05) is 6.54 Å². The third kappa shape index (κ3) is 1.56. The number of rotatable bonds is 3. The molecular weight excluding hydrogens is 114 g/mol. The first-order valence-electron chi connectivity index (χ1n) is 3.26. The van der Waals surface area contributed by atoms with Gasteiger partial charge < -0.3 is 4.90 Å². The average Bonchev–Trinajstić information content (AvgIpc) is 2.62. The number of aldehydes is 1. The number of carbonyl (C=O) groups is 1. The van der Waals surface area contributed by atoms with Crippen LogP contribution in [0.1, 0.15) is 13.3 Å². The van der Waals surface area contributed by atoms with Gasteiger partial charge in [0.15, 0.2) is 0 Å². The van der Waals surface area contributed by atoms with Gasteiger partial charge in [0.1, 0.15) is 6.29 Å². The molecule has 1 heterocycles. The van der Waals surface area contributed by atoms with Crippen LogP contribution >= 0.6 is 0 Å². The van der Waals surface area contributed by atoms with Crippen LogP contribution in [0.4, 0.5) is 0 Å². The van der Waals surface area contributed by atoms with E-state index in [-0.39, 0.29) is 0 Å². The highest BCUT2D eigenvalue weighted by Crippen LogP contribution is 2.19. The summed E-state index contributed by atoms with van der Waals surface area (Å²) in [5, 5.41) is 0. The molecule has 0 spiro atoms. The average molecular weight is 125 g/mol. The van der Waals surface area contributed by atoms with Crippen LogP contribution in [0.25, 0.3) is 0 Å². The number of hydrogen-bond donors (Lipinski definition) is 0. The highest BCUT2D eigenvalue weighted by atomic mass is 16.1. The monoisotopic (exact) mass is 125 g/mol.